The normalized spacial score (nSPS) is 23.1. The molecule has 0 bridgehead atoms. The van der Waals surface area contributed by atoms with Gasteiger partial charge >= 0.3 is 0 Å². The standard InChI is InChI=1S/C26H44O4/c1-22-8-6-9-23(2)12-14-25(13-11-22)24(3)10-7-15-26(4,5)30-21-20-29-19-18-28-17-16-27/h7-8,10,12,15,25,27H,6,9,11,13-14,16-21H2,1-5H3/b15-7+,22-8+,23-12+,24-10+/t25-/m0/s1. The Morgan fingerprint density at radius 3 is 2.43 bits per heavy atom. The molecule has 1 aliphatic carbocycles. The molecule has 1 N–H and O–H groups in total. The van der Waals surface area contributed by atoms with Crippen LogP contribution in [0.25, 0.3) is 0 Å². The number of allylic oxidation sites excluding steroid dienone is 7. The van der Waals surface area contributed by atoms with Crippen molar-refractivity contribution in [2.75, 3.05) is 39.6 Å². The number of rotatable bonds is 12. The largest absolute Gasteiger partial charge is 0.394 e. The SMILES string of the molecule is C/C1=C\C[C@@H](/C(C)=C/C=C/C(C)(C)OCCOCCOCCO)CC/C(C)=C/CC1. The molecule has 0 saturated carbocycles. The molecule has 1 aliphatic rings. The maximum Gasteiger partial charge on any atom is 0.0810 e. The minimum absolute atomic E-state index is 0.0470. The van der Waals surface area contributed by atoms with Gasteiger partial charge in [0.2, 0.25) is 0 Å². The molecule has 0 aliphatic heterocycles. The van der Waals surface area contributed by atoms with Gasteiger partial charge in [-0.3, -0.25) is 0 Å². The van der Waals surface area contributed by atoms with Gasteiger partial charge in [0.15, 0.2) is 0 Å². The van der Waals surface area contributed by atoms with Gasteiger partial charge in [0.25, 0.3) is 0 Å². The molecule has 0 aromatic heterocycles. The lowest BCUT2D eigenvalue weighted by Gasteiger charge is -2.21. The van der Waals surface area contributed by atoms with Crippen molar-refractivity contribution < 1.29 is 19.3 Å². The van der Waals surface area contributed by atoms with Gasteiger partial charge in [0.1, 0.15) is 0 Å². The Kier molecular flexibility index (Phi) is 13.9. The molecule has 4 nitrogen and oxygen atoms in total. The fraction of sp³-hybridized carbons (Fsp3) is 0.692. The van der Waals surface area contributed by atoms with Gasteiger partial charge in [-0.1, -0.05) is 47.1 Å². The summed E-state index contributed by atoms with van der Waals surface area (Å²) >= 11 is 0. The van der Waals surface area contributed by atoms with E-state index in [1.165, 1.54) is 42.4 Å². The molecule has 0 saturated heterocycles. The highest BCUT2D eigenvalue weighted by atomic mass is 16.6. The predicted octanol–water partition coefficient (Wildman–Crippen LogP) is 5.78. The molecule has 1 rings (SSSR count). The summed E-state index contributed by atoms with van der Waals surface area (Å²) in [7, 11) is 0. The second-order valence-corrected chi connectivity index (χ2v) is 8.78. The topological polar surface area (TPSA) is 47.9 Å². The van der Waals surface area contributed by atoms with Crippen molar-refractivity contribution in [3.05, 3.63) is 47.1 Å². The molecular weight excluding hydrogens is 376 g/mol. The van der Waals surface area contributed by atoms with Gasteiger partial charge in [0.05, 0.1) is 45.2 Å². The van der Waals surface area contributed by atoms with Gasteiger partial charge in [-0.05, 0) is 72.6 Å². The Bertz CT molecular complexity index is 584. The van der Waals surface area contributed by atoms with Crippen LogP contribution in [0.5, 0.6) is 0 Å². The van der Waals surface area contributed by atoms with Crippen molar-refractivity contribution in [3.63, 3.8) is 0 Å². The van der Waals surface area contributed by atoms with Crippen LogP contribution in [0.2, 0.25) is 0 Å². The first-order valence-corrected chi connectivity index (χ1v) is 11.4. The summed E-state index contributed by atoms with van der Waals surface area (Å²) in [6, 6.07) is 0. The average molecular weight is 421 g/mol. The summed E-state index contributed by atoms with van der Waals surface area (Å²) < 4.78 is 16.6. The van der Waals surface area contributed by atoms with Crippen LogP contribution >= 0.6 is 0 Å². The highest BCUT2D eigenvalue weighted by Crippen LogP contribution is 2.26. The van der Waals surface area contributed by atoms with Crippen LogP contribution < -0.4 is 0 Å². The fourth-order valence-electron chi connectivity index (χ4n) is 3.39. The maximum absolute atomic E-state index is 8.64. The molecule has 0 fully saturated rings. The van der Waals surface area contributed by atoms with Crippen LogP contribution in [0.4, 0.5) is 0 Å². The Hall–Kier alpha value is -1.20. The van der Waals surface area contributed by atoms with E-state index in [2.05, 4.69) is 65.0 Å². The monoisotopic (exact) mass is 420 g/mol. The van der Waals surface area contributed by atoms with Crippen molar-refractivity contribution in [3.8, 4) is 0 Å². The van der Waals surface area contributed by atoms with E-state index < -0.39 is 0 Å². The summed E-state index contributed by atoms with van der Waals surface area (Å²) in [6.07, 6.45) is 17.2. The summed E-state index contributed by atoms with van der Waals surface area (Å²) in [5.41, 5.74) is 4.13. The zero-order valence-electron chi connectivity index (χ0n) is 19.9. The molecule has 0 unspecified atom stereocenters. The lowest BCUT2D eigenvalue weighted by molar-refractivity contribution is -0.0308. The van der Waals surface area contributed by atoms with Crippen LogP contribution in [0.1, 0.15) is 66.7 Å². The first-order chi connectivity index (χ1) is 14.3. The summed E-state index contributed by atoms with van der Waals surface area (Å²) in [4.78, 5) is 0. The average Bonchev–Trinajstić information content (AvgIpc) is 2.69. The van der Waals surface area contributed by atoms with Crippen LogP contribution in [-0.2, 0) is 14.2 Å². The van der Waals surface area contributed by atoms with Crippen molar-refractivity contribution in [1.82, 2.24) is 0 Å². The Labute approximate surface area is 184 Å². The predicted molar refractivity (Wildman–Crippen MR) is 126 cm³/mol. The second kappa shape index (κ2) is 15.6. The zero-order chi connectivity index (χ0) is 22.2. The van der Waals surface area contributed by atoms with Crippen LogP contribution in [0, 0.1) is 5.92 Å². The molecule has 0 heterocycles. The molecular formula is C26H44O4. The molecule has 0 spiro atoms. The van der Waals surface area contributed by atoms with Gasteiger partial charge in [0, 0.05) is 0 Å². The summed E-state index contributed by atoms with van der Waals surface area (Å²) in [5, 5.41) is 8.64. The number of aliphatic hydroxyl groups is 1. The highest BCUT2D eigenvalue weighted by Gasteiger charge is 2.14. The third kappa shape index (κ3) is 13.2. The Morgan fingerprint density at radius 1 is 1.03 bits per heavy atom. The maximum atomic E-state index is 8.64. The molecule has 1 atom stereocenters. The number of hydrogen-bond donors (Lipinski definition) is 1. The molecule has 0 aromatic rings. The minimum atomic E-state index is -0.334. The van der Waals surface area contributed by atoms with Crippen molar-refractivity contribution >= 4 is 0 Å². The molecule has 172 valence electrons. The number of hydrogen-bond acceptors (Lipinski definition) is 4. The first kappa shape index (κ1) is 26.8. The van der Waals surface area contributed by atoms with E-state index in [1.807, 2.05) is 0 Å². The molecule has 0 radical (unpaired) electrons. The van der Waals surface area contributed by atoms with Crippen molar-refractivity contribution in [2.24, 2.45) is 5.92 Å². The van der Waals surface area contributed by atoms with E-state index >= 15 is 0 Å². The van der Waals surface area contributed by atoms with E-state index in [9.17, 15) is 0 Å². The van der Waals surface area contributed by atoms with Crippen LogP contribution in [0.15, 0.2) is 47.1 Å². The smallest absolute Gasteiger partial charge is 0.0810 e. The molecule has 30 heavy (non-hydrogen) atoms. The number of aliphatic hydroxyl groups excluding tert-OH is 1. The van der Waals surface area contributed by atoms with Gasteiger partial charge in [-0.25, -0.2) is 0 Å². The van der Waals surface area contributed by atoms with Crippen molar-refractivity contribution in [1.29, 1.82) is 0 Å². The lowest BCUT2D eigenvalue weighted by Crippen LogP contribution is -2.24. The summed E-state index contributed by atoms with van der Waals surface area (Å²) in [6.45, 7) is 13.4. The van der Waals surface area contributed by atoms with Gasteiger partial charge < -0.3 is 19.3 Å². The van der Waals surface area contributed by atoms with Gasteiger partial charge in [-0.2, -0.15) is 0 Å². The summed E-state index contributed by atoms with van der Waals surface area (Å²) in [5.74, 6) is 0.594. The fourth-order valence-corrected chi connectivity index (χ4v) is 3.39. The molecule has 0 amide bonds. The molecule has 0 aromatic carbocycles. The molecule has 4 heteroatoms. The van der Waals surface area contributed by atoms with E-state index in [4.69, 9.17) is 19.3 Å². The van der Waals surface area contributed by atoms with Gasteiger partial charge in [-0.15, -0.1) is 0 Å². The van der Waals surface area contributed by atoms with E-state index in [0.717, 1.165) is 6.42 Å². The Balaban J connectivity index is 2.45. The Morgan fingerprint density at radius 2 is 1.70 bits per heavy atom. The van der Waals surface area contributed by atoms with Crippen LogP contribution in [0.3, 0.4) is 0 Å². The third-order valence-corrected chi connectivity index (χ3v) is 5.48. The lowest BCUT2D eigenvalue weighted by atomic mass is 9.88. The van der Waals surface area contributed by atoms with Crippen LogP contribution in [-0.4, -0.2) is 50.3 Å². The minimum Gasteiger partial charge on any atom is -0.394 e. The quantitative estimate of drug-likeness (QED) is 0.247. The second-order valence-electron chi connectivity index (χ2n) is 8.78. The van der Waals surface area contributed by atoms with E-state index in [-0.39, 0.29) is 12.2 Å². The number of ether oxygens (including phenoxy) is 3. The zero-order valence-corrected chi connectivity index (χ0v) is 19.9. The van der Waals surface area contributed by atoms with E-state index in [1.54, 1.807) is 0 Å². The highest BCUT2D eigenvalue weighted by molar-refractivity contribution is 5.18. The van der Waals surface area contributed by atoms with E-state index in [0.29, 0.717) is 39.0 Å². The third-order valence-electron chi connectivity index (χ3n) is 5.48. The first-order valence-electron chi connectivity index (χ1n) is 11.4. The van der Waals surface area contributed by atoms with Crippen molar-refractivity contribution in [2.45, 2.75) is 72.3 Å².